The van der Waals surface area contributed by atoms with Crippen molar-refractivity contribution in [2.45, 2.75) is 45.7 Å². The Morgan fingerprint density at radius 3 is 2.50 bits per heavy atom. The highest BCUT2D eigenvalue weighted by atomic mass is 16.5. The van der Waals surface area contributed by atoms with Gasteiger partial charge in [0.2, 0.25) is 0 Å². The first-order chi connectivity index (χ1) is 8.52. The lowest BCUT2D eigenvalue weighted by atomic mass is 9.93. The molecule has 18 heavy (non-hydrogen) atoms. The fourth-order valence-electron chi connectivity index (χ4n) is 2.20. The van der Waals surface area contributed by atoms with E-state index in [2.05, 4.69) is 10.5 Å². The lowest BCUT2D eigenvalue weighted by Gasteiger charge is -2.22. The summed E-state index contributed by atoms with van der Waals surface area (Å²) in [6.45, 7) is 5.71. The number of carbonyl (C=O) groups excluding carboxylic acids is 2. The van der Waals surface area contributed by atoms with E-state index in [1.165, 1.54) is 4.90 Å². The van der Waals surface area contributed by atoms with E-state index in [1.807, 2.05) is 13.8 Å². The van der Waals surface area contributed by atoms with Crippen LogP contribution < -0.4 is 5.32 Å². The van der Waals surface area contributed by atoms with Gasteiger partial charge in [-0.05, 0) is 19.8 Å². The lowest BCUT2D eigenvalue weighted by molar-refractivity contribution is -0.132. The van der Waals surface area contributed by atoms with Gasteiger partial charge in [-0.15, -0.1) is 0 Å². The second kappa shape index (κ2) is 4.44. The highest BCUT2D eigenvalue weighted by molar-refractivity contribution is 6.06. The first kappa shape index (κ1) is 12.6. The minimum atomic E-state index is -0.754. The van der Waals surface area contributed by atoms with E-state index in [1.54, 1.807) is 13.0 Å². The largest absolute Gasteiger partial charge is 0.361 e. The molecule has 0 bridgehead atoms. The first-order valence-electron chi connectivity index (χ1n) is 6.08. The molecule has 3 amide bonds. The van der Waals surface area contributed by atoms with Crippen molar-refractivity contribution < 1.29 is 14.1 Å². The molecule has 0 aliphatic carbocycles. The standard InChI is InChI=1S/C12H17N3O3/c1-4-12(5-2)10(16)15(11(17)13-12)7-9-6-8(3)18-14-9/h6H,4-5,7H2,1-3H3,(H,13,17). The van der Waals surface area contributed by atoms with E-state index in [4.69, 9.17) is 4.52 Å². The van der Waals surface area contributed by atoms with E-state index >= 15 is 0 Å². The van der Waals surface area contributed by atoms with Crippen LogP contribution >= 0.6 is 0 Å². The fraction of sp³-hybridized carbons (Fsp3) is 0.583. The number of aryl methyl sites for hydroxylation is 1. The van der Waals surface area contributed by atoms with Crippen molar-refractivity contribution in [1.29, 1.82) is 0 Å². The number of nitrogens with one attached hydrogen (secondary N) is 1. The van der Waals surface area contributed by atoms with Gasteiger partial charge in [-0.1, -0.05) is 19.0 Å². The van der Waals surface area contributed by atoms with Crippen LogP contribution in [0.2, 0.25) is 0 Å². The van der Waals surface area contributed by atoms with Gasteiger partial charge in [0.25, 0.3) is 5.91 Å². The minimum Gasteiger partial charge on any atom is -0.361 e. The van der Waals surface area contributed by atoms with Crippen LogP contribution in [0.1, 0.15) is 38.1 Å². The summed E-state index contributed by atoms with van der Waals surface area (Å²) in [6, 6.07) is 1.36. The summed E-state index contributed by atoms with van der Waals surface area (Å²) < 4.78 is 4.93. The van der Waals surface area contributed by atoms with Gasteiger partial charge in [0.05, 0.1) is 6.54 Å². The number of amides is 3. The van der Waals surface area contributed by atoms with Crippen LogP contribution in [0.5, 0.6) is 0 Å². The van der Waals surface area contributed by atoms with Crippen molar-refractivity contribution >= 4 is 11.9 Å². The van der Waals surface area contributed by atoms with Crippen molar-refractivity contribution in [2.75, 3.05) is 0 Å². The number of imide groups is 1. The summed E-state index contributed by atoms with van der Waals surface area (Å²) in [5, 5.41) is 6.57. The van der Waals surface area contributed by atoms with Crippen LogP contribution in [0.25, 0.3) is 0 Å². The molecule has 6 nitrogen and oxygen atoms in total. The molecule has 0 spiro atoms. The Kier molecular flexibility index (Phi) is 3.11. The Balaban J connectivity index is 2.19. The van der Waals surface area contributed by atoms with Crippen molar-refractivity contribution in [3.63, 3.8) is 0 Å². The van der Waals surface area contributed by atoms with E-state index in [0.29, 0.717) is 24.3 Å². The highest BCUT2D eigenvalue weighted by Crippen LogP contribution is 2.26. The van der Waals surface area contributed by atoms with Crippen molar-refractivity contribution in [2.24, 2.45) is 0 Å². The smallest absolute Gasteiger partial charge is 0.325 e. The van der Waals surface area contributed by atoms with Crippen LogP contribution in [0.4, 0.5) is 4.79 Å². The molecule has 0 saturated carbocycles. The summed E-state index contributed by atoms with van der Waals surface area (Å²) in [5.74, 6) is 0.479. The fourth-order valence-corrected chi connectivity index (χ4v) is 2.20. The number of hydrogen-bond donors (Lipinski definition) is 1. The third kappa shape index (κ3) is 1.87. The Bertz CT molecular complexity index is 477. The molecular formula is C12H17N3O3. The van der Waals surface area contributed by atoms with Gasteiger partial charge in [0.15, 0.2) is 0 Å². The van der Waals surface area contributed by atoms with Crippen molar-refractivity contribution in [3.8, 4) is 0 Å². The second-order valence-corrected chi connectivity index (χ2v) is 4.54. The number of aromatic nitrogens is 1. The normalized spacial score (nSPS) is 18.3. The first-order valence-corrected chi connectivity index (χ1v) is 6.08. The summed E-state index contributed by atoms with van der Waals surface area (Å²) in [4.78, 5) is 25.4. The zero-order valence-corrected chi connectivity index (χ0v) is 10.8. The van der Waals surface area contributed by atoms with Gasteiger partial charge >= 0.3 is 6.03 Å². The molecule has 1 aliphatic heterocycles. The lowest BCUT2D eigenvalue weighted by Crippen LogP contribution is -2.45. The highest BCUT2D eigenvalue weighted by Gasteiger charge is 2.48. The Morgan fingerprint density at radius 1 is 1.39 bits per heavy atom. The maximum atomic E-state index is 12.3. The predicted octanol–water partition coefficient (Wildman–Crippen LogP) is 1.59. The van der Waals surface area contributed by atoms with Crippen molar-refractivity contribution in [3.05, 3.63) is 17.5 Å². The second-order valence-electron chi connectivity index (χ2n) is 4.54. The number of urea groups is 1. The van der Waals surface area contributed by atoms with Gasteiger partial charge in [0, 0.05) is 6.07 Å². The van der Waals surface area contributed by atoms with E-state index in [0.717, 1.165) is 0 Å². The van der Waals surface area contributed by atoms with Gasteiger partial charge in [0.1, 0.15) is 17.0 Å². The van der Waals surface area contributed by atoms with E-state index in [9.17, 15) is 9.59 Å². The summed E-state index contributed by atoms with van der Waals surface area (Å²) in [5.41, 5.74) is -0.172. The van der Waals surface area contributed by atoms with Crippen LogP contribution in [-0.4, -0.2) is 27.5 Å². The third-order valence-corrected chi connectivity index (χ3v) is 3.45. The van der Waals surface area contributed by atoms with Crippen LogP contribution in [0, 0.1) is 6.92 Å². The van der Waals surface area contributed by atoms with E-state index in [-0.39, 0.29) is 18.5 Å². The molecule has 1 saturated heterocycles. The van der Waals surface area contributed by atoms with Gasteiger partial charge in [-0.25, -0.2) is 4.79 Å². The number of rotatable bonds is 4. The molecule has 1 N–H and O–H groups in total. The number of carbonyl (C=O) groups is 2. The molecule has 0 atom stereocenters. The molecule has 98 valence electrons. The van der Waals surface area contributed by atoms with Gasteiger partial charge in [-0.2, -0.15) is 0 Å². The molecule has 0 radical (unpaired) electrons. The monoisotopic (exact) mass is 251 g/mol. The SMILES string of the molecule is CCC1(CC)NC(=O)N(Cc2cc(C)on2)C1=O. The Hall–Kier alpha value is -1.85. The average molecular weight is 251 g/mol. The molecule has 0 aromatic carbocycles. The third-order valence-electron chi connectivity index (χ3n) is 3.45. The molecule has 1 aliphatic rings. The zero-order valence-electron chi connectivity index (χ0n) is 10.8. The van der Waals surface area contributed by atoms with Crippen LogP contribution in [0.3, 0.4) is 0 Å². The molecule has 1 aromatic heterocycles. The van der Waals surface area contributed by atoms with Gasteiger partial charge < -0.3 is 9.84 Å². The van der Waals surface area contributed by atoms with Crippen LogP contribution in [0.15, 0.2) is 10.6 Å². The molecule has 6 heteroatoms. The van der Waals surface area contributed by atoms with Crippen molar-refractivity contribution in [1.82, 2.24) is 15.4 Å². The Labute approximate surface area is 105 Å². The van der Waals surface area contributed by atoms with Gasteiger partial charge in [-0.3, -0.25) is 9.69 Å². The summed E-state index contributed by atoms with van der Waals surface area (Å²) >= 11 is 0. The zero-order chi connectivity index (χ0) is 13.3. The molecule has 2 rings (SSSR count). The molecular weight excluding hydrogens is 234 g/mol. The molecule has 0 unspecified atom stereocenters. The van der Waals surface area contributed by atoms with E-state index < -0.39 is 5.54 Å². The number of hydrogen-bond acceptors (Lipinski definition) is 4. The predicted molar refractivity (Wildman–Crippen MR) is 63.6 cm³/mol. The summed E-state index contributed by atoms with van der Waals surface area (Å²) in [7, 11) is 0. The summed E-state index contributed by atoms with van der Waals surface area (Å²) in [6.07, 6.45) is 1.17. The maximum Gasteiger partial charge on any atom is 0.325 e. The maximum absolute atomic E-state index is 12.3. The Morgan fingerprint density at radius 2 is 2.06 bits per heavy atom. The topological polar surface area (TPSA) is 75.4 Å². The quantitative estimate of drug-likeness (QED) is 0.824. The molecule has 2 heterocycles. The van der Waals surface area contributed by atoms with Crippen LogP contribution in [-0.2, 0) is 11.3 Å². The molecule has 1 aromatic rings. The molecule has 1 fully saturated rings. The minimum absolute atomic E-state index is 0.157. The number of nitrogens with zero attached hydrogens (tertiary/aromatic N) is 2. The average Bonchev–Trinajstić information content (AvgIpc) is 2.86.